The molecule has 3 rings (SSSR count). The minimum atomic E-state index is -0.323. The number of methoxy groups -OCH3 is 1. The van der Waals surface area contributed by atoms with Crippen LogP contribution in [0.4, 0.5) is 5.95 Å². The number of nitrogens with two attached hydrogens (primary N) is 1. The minimum Gasteiger partial charge on any atom is -0.453 e. The standard InChI is InChI=1S/C11H13N3O3/c1-16-5-2-3-7-6(4-5)8-9(17-7)10(15)14-11(12)13-8/h5H,2-4H2,1H3,(H3,12,13,14,15). The van der Waals surface area contributed by atoms with Crippen LogP contribution in [0.2, 0.25) is 0 Å². The fourth-order valence-corrected chi connectivity index (χ4v) is 2.33. The van der Waals surface area contributed by atoms with Crippen molar-refractivity contribution in [3.8, 4) is 0 Å². The maximum atomic E-state index is 11.7. The van der Waals surface area contributed by atoms with Gasteiger partial charge < -0.3 is 14.9 Å². The van der Waals surface area contributed by atoms with Gasteiger partial charge in [0.25, 0.3) is 5.56 Å². The van der Waals surface area contributed by atoms with E-state index < -0.39 is 0 Å². The van der Waals surface area contributed by atoms with Crippen LogP contribution in [0.1, 0.15) is 17.7 Å². The molecular weight excluding hydrogens is 222 g/mol. The lowest BCUT2D eigenvalue weighted by atomic mass is 9.95. The highest BCUT2D eigenvalue weighted by atomic mass is 16.5. The third-order valence-electron chi connectivity index (χ3n) is 3.20. The number of rotatable bonds is 1. The summed E-state index contributed by atoms with van der Waals surface area (Å²) in [6.45, 7) is 0. The van der Waals surface area contributed by atoms with Crippen LogP contribution in [0.25, 0.3) is 11.1 Å². The molecule has 17 heavy (non-hydrogen) atoms. The normalized spacial score (nSPS) is 19.5. The van der Waals surface area contributed by atoms with Crippen LogP contribution in [0.15, 0.2) is 9.21 Å². The Bertz CT molecular complexity index is 629. The zero-order valence-corrected chi connectivity index (χ0v) is 9.45. The van der Waals surface area contributed by atoms with Crippen LogP contribution in [-0.2, 0) is 17.6 Å². The van der Waals surface area contributed by atoms with Gasteiger partial charge in [-0.05, 0) is 6.42 Å². The number of aryl methyl sites for hydroxylation is 1. The molecule has 0 saturated carbocycles. The summed E-state index contributed by atoms with van der Waals surface area (Å²) in [7, 11) is 1.69. The molecule has 0 radical (unpaired) electrons. The smallest absolute Gasteiger partial charge is 0.295 e. The summed E-state index contributed by atoms with van der Waals surface area (Å²) in [6, 6.07) is 0. The van der Waals surface area contributed by atoms with Crippen molar-refractivity contribution in [2.75, 3.05) is 12.8 Å². The van der Waals surface area contributed by atoms with Gasteiger partial charge in [-0.25, -0.2) is 4.98 Å². The molecule has 0 spiro atoms. The number of nitrogens with one attached hydrogen (secondary N) is 1. The van der Waals surface area contributed by atoms with Gasteiger partial charge in [0, 0.05) is 25.5 Å². The molecule has 2 aromatic rings. The Hall–Kier alpha value is -1.82. The second-order valence-electron chi connectivity index (χ2n) is 4.23. The molecule has 0 aliphatic heterocycles. The predicted molar refractivity (Wildman–Crippen MR) is 61.9 cm³/mol. The first-order valence-corrected chi connectivity index (χ1v) is 5.52. The number of ether oxygens (including phenoxy) is 1. The summed E-state index contributed by atoms with van der Waals surface area (Å²) in [5.74, 6) is 0.947. The molecule has 2 heterocycles. The first-order chi connectivity index (χ1) is 8.19. The summed E-state index contributed by atoms with van der Waals surface area (Å²) in [5.41, 5.74) is 7.01. The van der Waals surface area contributed by atoms with Crippen LogP contribution in [-0.4, -0.2) is 23.2 Å². The van der Waals surface area contributed by atoms with Crippen LogP contribution < -0.4 is 11.3 Å². The zero-order chi connectivity index (χ0) is 12.0. The SMILES string of the molecule is COC1CCc2oc3c(=O)[nH]c(N)nc3c2C1. The highest BCUT2D eigenvalue weighted by Gasteiger charge is 2.26. The van der Waals surface area contributed by atoms with Crippen LogP contribution in [0, 0.1) is 0 Å². The molecule has 6 nitrogen and oxygen atoms in total. The molecule has 0 bridgehead atoms. The number of hydrogen-bond acceptors (Lipinski definition) is 5. The Morgan fingerprint density at radius 3 is 3.18 bits per heavy atom. The summed E-state index contributed by atoms with van der Waals surface area (Å²) in [4.78, 5) is 18.3. The second kappa shape index (κ2) is 3.59. The van der Waals surface area contributed by atoms with Crippen molar-refractivity contribution in [3.63, 3.8) is 0 Å². The molecule has 1 aliphatic carbocycles. The fourth-order valence-electron chi connectivity index (χ4n) is 2.33. The van der Waals surface area contributed by atoms with E-state index in [0.29, 0.717) is 11.9 Å². The summed E-state index contributed by atoms with van der Waals surface area (Å²) >= 11 is 0. The molecular formula is C11H13N3O3. The third-order valence-corrected chi connectivity index (χ3v) is 3.20. The maximum Gasteiger partial charge on any atom is 0.295 e. The number of aromatic amines is 1. The Morgan fingerprint density at radius 1 is 1.59 bits per heavy atom. The number of aromatic nitrogens is 2. The van der Waals surface area contributed by atoms with Crippen molar-refractivity contribution in [2.45, 2.75) is 25.4 Å². The average Bonchev–Trinajstić information content (AvgIpc) is 2.67. The molecule has 1 atom stereocenters. The Kier molecular flexibility index (Phi) is 2.19. The van der Waals surface area contributed by atoms with Crippen LogP contribution >= 0.6 is 0 Å². The second-order valence-corrected chi connectivity index (χ2v) is 4.23. The quantitative estimate of drug-likeness (QED) is 0.754. The Labute approximate surface area is 96.8 Å². The third kappa shape index (κ3) is 1.52. The zero-order valence-electron chi connectivity index (χ0n) is 9.45. The van der Waals surface area contributed by atoms with Gasteiger partial charge in [0.15, 0.2) is 0 Å². The van der Waals surface area contributed by atoms with E-state index in [1.165, 1.54) is 0 Å². The van der Waals surface area contributed by atoms with E-state index >= 15 is 0 Å². The first kappa shape index (κ1) is 10.3. The highest BCUT2D eigenvalue weighted by Crippen LogP contribution is 2.30. The summed E-state index contributed by atoms with van der Waals surface area (Å²) in [5, 5.41) is 0. The Balaban J connectivity index is 2.24. The van der Waals surface area contributed by atoms with Gasteiger partial charge in [-0.2, -0.15) is 0 Å². The van der Waals surface area contributed by atoms with Gasteiger partial charge in [-0.1, -0.05) is 0 Å². The van der Waals surface area contributed by atoms with Crippen LogP contribution in [0.5, 0.6) is 0 Å². The molecule has 0 saturated heterocycles. The predicted octanol–water partition coefficient (Wildman–Crippen LogP) is 0.602. The average molecular weight is 235 g/mol. The van der Waals surface area contributed by atoms with Crippen molar-refractivity contribution >= 4 is 17.0 Å². The summed E-state index contributed by atoms with van der Waals surface area (Å²) < 4.78 is 10.9. The van der Waals surface area contributed by atoms with Gasteiger partial charge in [-0.3, -0.25) is 9.78 Å². The lowest BCUT2D eigenvalue weighted by Gasteiger charge is -2.19. The summed E-state index contributed by atoms with van der Waals surface area (Å²) in [6.07, 6.45) is 2.54. The van der Waals surface area contributed by atoms with Crippen molar-refractivity contribution in [3.05, 3.63) is 21.7 Å². The van der Waals surface area contributed by atoms with E-state index in [0.717, 1.165) is 24.2 Å². The molecule has 90 valence electrons. The maximum absolute atomic E-state index is 11.7. The van der Waals surface area contributed by atoms with Gasteiger partial charge >= 0.3 is 0 Å². The number of nitrogen functional groups attached to an aromatic ring is 1. The van der Waals surface area contributed by atoms with E-state index in [1.807, 2.05) is 0 Å². The van der Waals surface area contributed by atoms with E-state index in [9.17, 15) is 4.79 Å². The number of H-pyrrole nitrogens is 1. The van der Waals surface area contributed by atoms with Crippen molar-refractivity contribution in [2.24, 2.45) is 0 Å². The highest BCUT2D eigenvalue weighted by molar-refractivity contribution is 5.78. The largest absolute Gasteiger partial charge is 0.453 e. The number of nitrogens with zero attached hydrogens (tertiary/aromatic N) is 1. The molecule has 0 aromatic carbocycles. The van der Waals surface area contributed by atoms with Crippen LogP contribution in [0.3, 0.4) is 0 Å². The van der Waals surface area contributed by atoms with E-state index in [2.05, 4.69) is 9.97 Å². The number of fused-ring (bicyclic) bond motifs is 3. The lowest BCUT2D eigenvalue weighted by molar-refractivity contribution is 0.0889. The lowest BCUT2D eigenvalue weighted by Crippen LogP contribution is -2.20. The van der Waals surface area contributed by atoms with E-state index in [-0.39, 0.29) is 23.2 Å². The number of furan rings is 1. The molecule has 3 N–H and O–H groups in total. The number of anilines is 1. The Morgan fingerprint density at radius 2 is 2.41 bits per heavy atom. The first-order valence-electron chi connectivity index (χ1n) is 5.52. The van der Waals surface area contributed by atoms with Gasteiger partial charge in [0.05, 0.1) is 6.10 Å². The van der Waals surface area contributed by atoms with E-state index in [1.54, 1.807) is 7.11 Å². The van der Waals surface area contributed by atoms with Gasteiger partial charge in [0.2, 0.25) is 11.5 Å². The molecule has 6 heteroatoms. The van der Waals surface area contributed by atoms with Gasteiger partial charge in [0.1, 0.15) is 11.3 Å². The molecule has 1 aliphatic rings. The molecule has 0 fully saturated rings. The molecule has 0 amide bonds. The van der Waals surface area contributed by atoms with E-state index in [4.69, 9.17) is 14.9 Å². The molecule has 1 unspecified atom stereocenters. The number of hydrogen-bond donors (Lipinski definition) is 2. The fraction of sp³-hybridized carbons (Fsp3) is 0.455. The van der Waals surface area contributed by atoms with Crippen molar-refractivity contribution in [1.82, 2.24) is 9.97 Å². The topological polar surface area (TPSA) is 94.1 Å². The van der Waals surface area contributed by atoms with Crippen molar-refractivity contribution < 1.29 is 9.15 Å². The van der Waals surface area contributed by atoms with Gasteiger partial charge in [-0.15, -0.1) is 0 Å². The molecule has 2 aromatic heterocycles. The monoisotopic (exact) mass is 235 g/mol. The van der Waals surface area contributed by atoms with Crippen molar-refractivity contribution in [1.29, 1.82) is 0 Å². The minimum absolute atomic E-state index is 0.116.